The fourth-order valence-corrected chi connectivity index (χ4v) is 1.70. The molecule has 6 heteroatoms. The van der Waals surface area contributed by atoms with E-state index in [9.17, 15) is 10.1 Å². The maximum atomic E-state index is 10.7. The van der Waals surface area contributed by atoms with E-state index in [1.165, 1.54) is 12.1 Å². The molecule has 0 saturated carbocycles. The molecule has 0 aromatic carbocycles. The number of nitrogens with one attached hydrogen (secondary N) is 1. The van der Waals surface area contributed by atoms with Gasteiger partial charge in [0.15, 0.2) is 0 Å². The van der Waals surface area contributed by atoms with Gasteiger partial charge in [-0.1, -0.05) is 31.4 Å². The third kappa shape index (κ3) is 4.56. The lowest BCUT2D eigenvalue weighted by molar-refractivity contribution is -0.384. The van der Waals surface area contributed by atoms with Crippen molar-refractivity contribution in [3.05, 3.63) is 27.4 Å². The number of hydrogen-bond acceptors (Lipinski definition) is 4. The van der Waals surface area contributed by atoms with Crippen LogP contribution >= 0.6 is 11.6 Å². The van der Waals surface area contributed by atoms with Crippen LogP contribution in [0.5, 0.6) is 0 Å². The van der Waals surface area contributed by atoms with Crippen LogP contribution in [-0.2, 0) is 0 Å². The molecule has 94 valence electrons. The number of hydrogen-bond donors (Lipinski definition) is 1. The predicted molar refractivity (Wildman–Crippen MR) is 68.5 cm³/mol. The Hall–Kier alpha value is -1.36. The van der Waals surface area contributed by atoms with Crippen LogP contribution in [0.25, 0.3) is 0 Å². The fraction of sp³-hybridized carbons (Fsp3) is 0.545. The van der Waals surface area contributed by atoms with Gasteiger partial charge in [-0.05, 0) is 13.3 Å². The Morgan fingerprint density at radius 3 is 2.88 bits per heavy atom. The summed E-state index contributed by atoms with van der Waals surface area (Å²) in [5.41, 5.74) is -0.0461. The lowest BCUT2D eigenvalue weighted by atomic mass is 10.1. The summed E-state index contributed by atoms with van der Waals surface area (Å²) in [7, 11) is 0. The summed E-state index contributed by atoms with van der Waals surface area (Å²) in [5, 5.41) is 13.9. The predicted octanol–water partition coefficient (Wildman–Crippen LogP) is 3.63. The van der Waals surface area contributed by atoms with Crippen molar-refractivity contribution >= 4 is 23.1 Å². The van der Waals surface area contributed by atoms with Gasteiger partial charge in [-0.25, -0.2) is 4.98 Å². The second-order valence-electron chi connectivity index (χ2n) is 3.98. The Labute approximate surface area is 105 Å². The number of anilines is 1. The minimum absolute atomic E-state index is 0.0461. The molecule has 1 aromatic heterocycles. The van der Waals surface area contributed by atoms with E-state index in [4.69, 9.17) is 11.6 Å². The van der Waals surface area contributed by atoms with Gasteiger partial charge in [-0.15, -0.1) is 0 Å². The maximum absolute atomic E-state index is 10.7. The van der Waals surface area contributed by atoms with Crippen LogP contribution in [0.2, 0.25) is 5.15 Å². The average Bonchev–Trinajstić information content (AvgIpc) is 2.25. The van der Waals surface area contributed by atoms with Crippen LogP contribution in [0.1, 0.15) is 33.1 Å². The van der Waals surface area contributed by atoms with Gasteiger partial charge in [0.25, 0.3) is 5.69 Å². The summed E-state index contributed by atoms with van der Waals surface area (Å²) < 4.78 is 0. The number of halogens is 1. The number of pyridine rings is 1. The molecule has 1 aromatic rings. The summed E-state index contributed by atoms with van der Waals surface area (Å²) in [6.45, 7) is 4.14. The molecule has 17 heavy (non-hydrogen) atoms. The second kappa shape index (κ2) is 6.39. The third-order valence-corrected chi connectivity index (χ3v) is 2.57. The molecule has 0 saturated heterocycles. The largest absolute Gasteiger partial charge is 0.367 e. The third-order valence-electron chi connectivity index (χ3n) is 2.37. The van der Waals surface area contributed by atoms with Gasteiger partial charge in [0.2, 0.25) is 0 Å². The number of rotatable bonds is 6. The Kier molecular flexibility index (Phi) is 5.15. The van der Waals surface area contributed by atoms with Crippen molar-refractivity contribution in [3.63, 3.8) is 0 Å². The van der Waals surface area contributed by atoms with Crippen LogP contribution in [0.15, 0.2) is 12.1 Å². The minimum atomic E-state index is -0.477. The molecule has 1 N–H and O–H groups in total. The minimum Gasteiger partial charge on any atom is -0.367 e. The normalized spacial score (nSPS) is 12.2. The molecule has 0 aliphatic rings. The van der Waals surface area contributed by atoms with Gasteiger partial charge in [0.1, 0.15) is 11.0 Å². The average molecular weight is 258 g/mol. The highest BCUT2D eigenvalue weighted by Gasteiger charge is 2.11. The summed E-state index contributed by atoms with van der Waals surface area (Å²) >= 11 is 5.73. The maximum Gasteiger partial charge on any atom is 0.276 e. The van der Waals surface area contributed by atoms with E-state index >= 15 is 0 Å². The zero-order chi connectivity index (χ0) is 12.8. The first-order valence-electron chi connectivity index (χ1n) is 5.61. The van der Waals surface area contributed by atoms with E-state index in [1.54, 1.807) is 0 Å². The molecule has 0 amide bonds. The van der Waals surface area contributed by atoms with Crippen LogP contribution in [0.3, 0.4) is 0 Å². The second-order valence-corrected chi connectivity index (χ2v) is 4.37. The first kappa shape index (κ1) is 13.7. The summed E-state index contributed by atoms with van der Waals surface area (Å²) in [6, 6.07) is 2.86. The number of nitrogens with zero attached hydrogens (tertiary/aromatic N) is 2. The molecule has 1 unspecified atom stereocenters. The Bertz CT molecular complexity index is 398. The highest BCUT2D eigenvalue weighted by Crippen LogP contribution is 2.21. The monoisotopic (exact) mass is 257 g/mol. The first-order valence-corrected chi connectivity index (χ1v) is 5.99. The molecule has 0 fully saturated rings. The topological polar surface area (TPSA) is 68.1 Å². The van der Waals surface area contributed by atoms with Crippen molar-refractivity contribution in [3.8, 4) is 0 Å². The summed E-state index contributed by atoms with van der Waals surface area (Å²) in [5.74, 6) is 0.452. The summed E-state index contributed by atoms with van der Waals surface area (Å²) in [6.07, 6.45) is 3.23. The van der Waals surface area contributed by atoms with Gasteiger partial charge in [0, 0.05) is 6.04 Å². The molecule has 1 heterocycles. The van der Waals surface area contributed by atoms with Crippen molar-refractivity contribution in [2.24, 2.45) is 0 Å². The zero-order valence-corrected chi connectivity index (χ0v) is 10.7. The van der Waals surface area contributed by atoms with Crippen LogP contribution in [0.4, 0.5) is 11.5 Å². The molecule has 1 atom stereocenters. The molecule has 0 spiro atoms. The van der Waals surface area contributed by atoms with Crippen molar-refractivity contribution in [1.29, 1.82) is 0 Å². The first-order chi connectivity index (χ1) is 8.02. The molecule has 0 aliphatic carbocycles. The van der Waals surface area contributed by atoms with Crippen LogP contribution in [-0.4, -0.2) is 15.9 Å². The smallest absolute Gasteiger partial charge is 0.276 e. The Morgan fingerprint density at radius 2 is 2.29 bits per heavy atom. The molecular formula is C11H16ClN3O2. The van der Waals surface area contributed by atoms with Gasteiger partial charge in [-0.3, -0.25) is 10.1 Å². The lowest BCUT2D eigenvalue weighted by Gasteiger charge is -2.13. The number of nitro groups is 1. The number of unbranched alkanes of at least 4 members (excludes halogenated alkanes) is 1. The van der Waals surface area contributed by atoms with E-state index in [0.717, 1.165) is 19.3 Å². The van der Waals surface area contributed by atoms with E-state index in [-0.39, 0.29) is 16.9 Å². The van der Waals surface area contributed by atoms with Gasteiger partial charge in [-0.2, -0.15) is 0 Å². The lowest BCUT2D eigenvalue weighted by Crippen LogP contribution is -2.15. The van der Waals surface area contributed by atoms with Gasteiger partial charge >= 0.3 is 0 Å². The molecule has 0 aliphatic heterocycles. The van der Waals surface area contributed by atoms with E-state index < -0.39 is 4.92 Å². The summed E-state index contributed by atoms with van der Waals surface area (Å²) in [4.78, 5) is 14.2. The zero-order valence-electron chi connectivity index (χ0n) is 9.94. The van der Waals surface area contributed by atoms with Crippen molar-refractivity contribution in [2.45, 2.75) is 39.2 Å². The van der Waals surface area contributed by atoms with Crippen molar-refractivity contribution < 1.29 is 4.92 Å². The van der Waals surface area contributed by atoms with E-state index in [0.29, 0.717) is 5.82 Å². The van der Waals surface area contributed by atoms with Crippen LogP contribution in [0, 0.1) is 10.1 Å². The highest BCUT2D eigenvalue weighted by atomic mass is 35.5. The molecule has 1 rings (SSSR count). The Balaban J connectivity index is 2.73. The molecule has 0 radical (unpaired) electrons. The van der Waals surface area contributed by atoms with Crippen LogP contribution < -0.4 is 5.32 Å². The standard InChI is InChI=1S/C11H16ClN3O2/c1-3-4-5-8(2)13-11-7-9(15(16)17)6-10(12)14-11/h6-8H,3-5H2,1-2H3,(H,13,14). The van der Waals surface area contributed by atoms with Gasteiger partial charge < -0.3 is 5.32 Å². The fourth-order valence-electron chi connectivity index (χ4n) is 1.50. The van der Waals surface area contributed by atoms with E-state index in [2.05, 4.69) is 17.2 Å². The molecule has 0 bridgehead atoms. The van der Waals surface area contributed by atoms with Gasteiger partial charge in [0.05, 0.1) is 17.1 Å². The molecule has 5 nitrogen and oxygen atoms in total. The number of aromatic nitrogens is 1. The van der Waals surface area contributed by atoms with Crippen molar-refractivity contribution in [1.82, 2.24) is 4.98 Å². The Morgan fingerprint density at radius 1 is 1.59 bits per heavy atom. The van der Waals surface area contributed by atoms with E-state index in [1.807, 2.05) is 6.92 Å². The highest BCUT2D eigenvalue weighted by molar-refractivity contribution is 6.29. The van der Waals surface area contributed by atoms with Crippen molar-refractivity contribution in [2.75, 3.05) is 5.32 Å². The quantitative estimate of drug-likeness (QED) is 0.480. The molecular weight excluding hydrogens is 242 g/mol. The SMILES string of the molecule is CCCCC(C)Nc1cc([N+](=O)[O-])cc(Cl)n1.